The molecular formula is C11H10BrCl3O2. The van der Waals surface area contributed by atoms with Crippen molar-refractivity contribution in [2.45, 2.75) is 8.62 Å². The third-order valence-corrected chi connectivity index (χ3v) is 3.98. The number of ether oxygens (including phenoxy) is 1. The Morgan fingerprint density at radius 2 is 1.82 bits per heavy atom. The van der Waals surface area contributed by atoms with Gasteiger partial charge in [-0.15, -0.1) is 0 Å². The maximum absolute atomic E-state index is 11.7. The van der Waals surface area contributed by atoms with Crippen LogP contribution in [0, 0.1) is 5.92 Å². The van der Waals surface area contributed by atoms with Crippen LogP contribution >= 0.6 is 50.7 Å². The lowest BCUT2D eigenvalue weighted by molar-refractivity contribution is -0.145. The summed E-state index contributed by atoms with van der Waals surface area (Å²) in [6.07, 6.45) is 0. The Hall–Kier alpha value is 0.0400. The molecule has 6 heteroatoms. The van der Waals surface area contributed by atoms with E-state index in [0.29, 0.717) is 0 Å². The number of benzene rings is 1. The first-order valence-electron chi connectivity index (χ1n) is 4.71. The second kappa shape index (κ2) is 6.28. The zero-order valence-electron chi connectivity index (χ0n) is 8.87. The van der Waals surface area contributed by atoms with Gasteiger partial charge in [0, 0.05) is 0 Å². The molecule has 0 spiro atoms. The first kappa shape index (κ1) is 15.1. The summed E-state index contributed by atoms with van der Waals surface area (Å²) < 4.78 is 2.92. The Balaban J connectivity index is 3.04. The van der Waals surface area contributed by atoms with Gasteiger partial charge in [0.05, 0.1) is 11.9 Å². The smallest absolute Gasteiger partial charge is 0.314 e. The molecule has 2 atom stereocenters. The maximum Gasteiger partial charge on any atom is 0.314 e. The molecule has 0 saturated heterocycles. The van der Waals surface area contributed by atoms with Crippen LogP contribution < -0.4 is 0 Å². The fourth-order valence-electron chi connectivity index (χ4n) is 1.38. The van der Waals surface area contributed by atoms with Crippen LogP contribution in [0.4, 0.5) is 0 Å². The second-order valence-electron chi connectivity index (χ2n) is 3.35. The third kappa shape index (κ3) is 4.02. The van der Waals surface area contributed by atoms with Gasteiger partial charge in [0.2, 0.25) is 3.79 Å². The number of esters is 1. The maximum atomic E-state index is 11.7. The number of carbonyl (C=O) groups is 1. The Morgan fingerprint density at radius 3 is 2.24 bits per heavy atom. The summed E-state index contributed by atoms with van der Waals surface area (Å²) in [6.45, 7) is 0. The van der Waals surface area contributed by atoms with E-state index in [1.165, 1.54) is 7.11 Å². The van der Waals surface area contributed by atoms with Crippen LogP contribution in [-0.2, 0) is 9.53 Å². The molecule has 0 bridgehead atoms. The average Bonchev–Trinajstić information content (AvgIpc) is 2.28. The van der Waals surface area contributed by atoms with Crippen LogP contribution in [0.15, 0.2) is 30.3 Å². The Bertz CT molecular complexity index is 378. The monoisotopic (exact) mass is 358 g/mol. The van der Waals surface area contributed by atoms with Gasteiger partial charge >= 0.3 is 5.97 Å². The van der Waals surface area contributed by atoms with Crippen molar-refractivity contribution in [1.29, 1.82) is 0 Å². The molecule has 1 aromatic carbocycles. The number of methoxy groups -OCH3 is 1. The summed E-state index contributed by atoms with van der Waals surface area (Å²) in [7, 11) is 1.26. The van der Waals surface area contributed by atoms with Gasteiger partial charge in [-0.1, -0.05) is 81.1 Å². The molecule has 94 valence electrons. The molecule has 0 amide bonds. The standard InChI is InChI=1S/C11H10BrCl3O2/c1-17-10(16)8(11(13,14)15)9(12)7-5-3-2-4-6-7/h2-6,8-9H,1H3. The fourth-order valence-corrected chi connectivity index (χ4v) is 3.39. The van der Waals surface area contributed by atoms with E-state index in [1.807, 2.05) is 30.3 Å². The van der Waals surface area contributed by atoms with Crippen LogP contribution in [0.25, 0.3) is 0 Å². The van der Waals surface area contributed by atoms with Crippen LogP contribution in [0.1, 0.15) is 10.4 Å². The number of alkyl halides is 4. The van der Waals surface area contributed by atoms with Gasteiger partial charge in [-0.25, -0.2) is 0 Å². The molecule has 0 aromatic heterocycles. The van der Waals surface area contributed by atoms with Crippen molar-refractivity contribution < 1.29 is 9.53 Å². The molecule has 0 aliphatic heterocycles. The molecule has 0 radical (unpaired) electrons. The number of hydrogen-bond donors (Lipinski definition) is 0. The van der Waals surface area contributed by atoms with Gasteiger partial charge in [0.15, 0.2) is 0 Å². The summed E-state index contributed by atoms with van der Waals surface area (Å²) in [5.41, 5.74) is 0.842. The van der Waals surface area contributed by atoms with Crippen LogP contribution in [0.3, 0.4) is 0 Å². The lowest BCUT2D eigenvalue weighted by atomic mass is 10.0. The molecule has 2 unspecified atom stereocenters. The van der Waals surface area contributed by atoms with E-state index in [1.54, 1.807) is 0 Å². The normalized spacial score (nSPS) is 15.1. The third-order valence-electron chi connectivity index (χ3n) is 2.22. The van der Waals surface area contributed by atoms with Crippen molar-refractivity contribution >= 4 is 56.7 Å². The summed E-state index contributed by atoms with van der Waals surface area (Å²) in [6, 6.07) is 9.23. The minimum Gasteiger partial charge on any atom is -0.469 e. The van der Waals surface area contributed by atoms with Crippen molar-refractivity contribution in [2.75, 3.05) is 7.11 Å². The number of halogens is 4. The quantitative estimate of drug-likeness (QED) is 0.594. The van der Waals surface area contributed by atoms with Crippen molar-refractivity contribution in [3.63, 3.8) is 0 Å². The van der Waals surface area contributed by atoms with Gasteiger partial charge < -0.3 is 4.74 Å². The highest BCUT2D eigenvalue weighted by molar-refractivity contribution is 9.09. The zero-order chi connectivity index (χ0) is 13.1. The van der Waals surface area contributed by atoms with Gasteiger partial charge in [-0.3, -0.25) is 4.79 Å². The summed E-state index contributed by atoms with van der Waals surface area (Å²) in [5.74, 6) is -1.49. The summed E-state index contributed by atoms with van der Waals surface area (Å²) >= 11 is 20.8. The molecule has 0 heterocycles. The summed E-state index contributed by atoms with van der Waals surface area (Å²) in [4.78, 5) is 11.2. The molecule has 1 rings (SSSR count). The number of hydrogen-bond acceptors (Lipinski definition) is 2. The Labute approximate surface area is 123 Å². The van der Waals surface area contributed by atoms with E-state index in [-0.39, 0.29) is 0 Å². The van der Waals surface area contributed by atoms with E-state index in [0.717, 1.165) is 5.56 Å². The molecule has 1 aromatic rings. The Morgan fingerprint density at radius 1 is 1.29 bits per heavy atom. The molecule has 0 fully saturated rings. The fraction of sp³-hybridized carbons (Fsp3) is 0.364. The van der Waals surface area contributed by atoms with Crippen LogP contribution in [-0.4, -0.2) is 16.9 Å². The lowest BCUT2D eigenvalue weighted by Crippen LogP contribution is -2.32. The largest absolute Gasteiger partial charge is 0.469 e. The highest BCUT2D eigenvalue weighted by Gasteiger charge is 2.44. The SMILES string of the molecule is COC(=O)C(C(Br)c1ccccc1)C(Cl)(Cl)Cl. The minimum absolute atomic E-state index is 0.427. The predicted octanol–water partition coefficient (Wildman–Crippen LogP) is 4.28. The molecule has 0 aliphatic carbocycles. The highest BCUT2D eigenvalue weighted by Crippen LogP contribution is 2.46. The minimum atomic E-state index is -1.74. The lowest BCUT2D eigenvalue weighted by Gasteiger charge is -2.26. The zero-order valence-corrected chi connectivity index (χ0v) is 12.7. The number of rotatable bonds is 3. The molecule has 0 N–H and O–H groups in total. The van der Waals surface area contributed by atoms with E-state index in [2.05, 4.69) is 20.7 Å². The van der Waals surface area contributed by atoms with Crippen LogP contribution in [0.5, 0.6) is 0 Å². The van der Waals surface area contributed by atoms with Gasteiger partial charge in [-0.05, 0) is 5.56 Å². The highest BCUT2D eigenvalue weighted by atomic mass is 79.9. The van der Waals surface area contributed by atoms with Gasteiger partial charge in [-0.2, -0.15) is 0 Å². The van der Waals surface area contributed by atoms with Gasteiger partial charge in [0.25, 0.3) is 0 Å². The Kier molecular flexibility index (Phi) is 5.58. The first-order valence-corrected chi connectivity index (χ1v) is 6.76. The van der Waals surface area contributed by atoms with E-state index in [9.17, 15) is 4.79 Å². The topological polar surface area (TPSA) is 26.3 Å². The van der Waals surface area contributed by atoms with Gasteiger partial charge in [0.1, 0.15) is 5.92 Å². The van der Waals surface area contributed by atoms with Crippen molar-refractivity contribution in [2.24, 2.45) is 5.92 Å². The van der Waals surface area contributed by atoms with Crippen molar-refractivity contribution in [3.8, 4) is 0 Å². The van der Waals surface area contributed by atoms with E-state index < -0.39 is 20.5 Å². The first-order chi connectivity index (χ1) is 7.88. The molecule has 17 heavy (non-hydrogen) atoms. The average molecular weight is 360 g/mol. The predicted molar refractivity (Wildman–Crippen MR) is 73.9 cm³/mol. The molecule has 0 aliphatic rings. The molecular weight excluding hydrogens is 350 g/mol. The molecule has 0 saturated carbocycles. The summed E-state index contributed by atoms with van der Waals surface area (Å²) in [5, 5.41) is 0. The number of carbonyl (C=O) groups excluding carboxylic acids is 1. The van der Waals surface area contributed by atoms with Crippen LogP contribution in [0.2, 0.25) is 0 Å². The van der Waals surface area contributed by atoms with Crippen molar-refractivity contribution in [1.82, 2.24) is 0 Å². The van der Waals surface area contributed by atoms with E-state index >= 15 is 0 Å². The second-order valence-corrected chi connectivity index (χ2v) is 6.71. The van der Waals surface area contributed by atoms with E-state index in [4.69, 9.17) is 34.8 Å². The molecule has 2 nitrogen and oxygen atoms in total. The van der Waals surface area contributed by atoms with Crippen molar-refractivity contribution in [3.05, 3.63) is 35.9 Å².